The maximum absolute atomic E-state index is 12.9. The van der Waals surface area contributed by atoms with Crippen LogP contribution in [0.15, 0.2) is 158 Å². The van der Waals surface area contributed by atoms with E-state index in [0.717, 1.165) is 148 Å². The van der Waals surface area contributed by atoms with Gasteiger partial charge in [0.15, 0.2) is 6.10 Å². The molecule has 0 heterocycles. The Bertz CT molecular complexity index is 1990. The van der Waals surface area contributed by atoms with Crippen molar-refractivity contribution >= 4 is 17.9 Å². The Morgan fingerprint density at radius 2 is 0.621 bits per heavy atom. The normalized spacial score (nSPS) is 13.7. The van der Waals surface area contributed by atoms with Gasteiger partial charge in [0, 0.05) is 12.8 Å². The third-order valence-corrected chi connectivity index (χ3v) is 14.3. The Kier molecular flexibility index (Phi) is 62.9. The molecule has 9 nitrogen and oxygen atoms in total. The Morgan fingerprint density at radius 1 is 0.345 bits per heavy atom. The van der Waals surface area contributed by atoms with Crippen molar-refractivity contribution in [2.75, 3.05) is 47.5 Å². The summed E-state index contributed by atoms with van der Waals surface area (Å²) in [6.45, 7) is 4.63. The van der Waals surface area contributed by atoms with Crippen molar-refractivity contribution in [2.45, 2.75) is 270 Å². The van der Waals surface area contributed by atoms with Crippen LogP contribution in [0, 0.1) is 0 Å². The Hall–Kier alpha value is -5.09. The summed E-state index contributed by atoms with van der Waals surface area (Å²) in [6, 6.07) is 0. The van der Waals surface area contributed by atoms with Crippen LogP contribution in [0.5, 0.6) is 0 Å². The van der Waals surface area contributed by atoms with Crippen molar-refractivity contribution in [1.29, 1.82) is 0 Å². The van der Waals surface area contributed by atoms with Gasteiger partial charge in [-0.2, -0.15) is 0 Å². The first-order chi connectivity index (χ1) is 42.6. The fourth-order valence-corrected chi connectivity index (χ4v) is 9.06. The quantitative estimate of drug-likeness (QED) is 0.0211. The number of nitrogens with zero attached hydrogens (tertiary/aromatic N) is 1. The van der Waals surface area contributed by atoms with Gasteiger partial charge in [-0.15, -0.1) is 0 Å². The van der Waals surface area contributed by atoms with Crippen LogP contribution in [0.4, 0.5) is 0 Å². The smallest absolute Gasteiger partial charge is 0.361 e. The van der Waals surface area contributed by atoms with Gasteiger partial charge in [-0.25, -0.2) is 4.79 Å². The lowest BCUT2D eigenvalue weighted by atomic mass is 10.0. The van der Waals surface area contributed by atoms with E-state index in [-0.39, 0.29) is 38.6 Å². The van der Waals surface area contributed by atoms with Crippen LogP contribution in [-0.4, -0.2) is 87.4 Å². The number of rotatable bonds is 62. The monoisotopic (exact) mass is 1210 g/mol. The number of esters is 2. The molecule has 87 heavy (non-hydrogen) atoms. The van der Waals surface area contributed by atoms with Gasteiger partial charge in [0.2, 0.25) is 0 Å². The highest BCUT2D eigenvalue weighted by Gasteiger charge is 2.25. The Labute approximate surface area is 534 Å². The topological polar surface area (TPSA) is 108 Å². The second-order valence-electron chi connectivity index (χ2n) is 23.7. The molecule has 0 saturated carbocycles. The van der Waals surface area contributed by atoms with E-state index in [9.17, 15) is 19.5 Å². The lowest BCUT2D eigenvalue weighted by molar-refractivity contribution is -0.870. The molecule has 0 fully saturated rings. The van der Waals surface area contributed by atoms with E-state index in [2.05, 4.69) is 172 Å². The van der Waals surface area contributed by atoms with Gasteiger partial charge in [-0.05, 0) is 122 Å². The van der Waals surface area contributed by atoms with Crippen molar-refractivity contribution in [1.82, 2.24) is 0 Å². The van der Waals surface area contributed by atoms with Crippen LogP contribution >= 0.6 is 0 Å². The zero-order chi connectivity index (χ0) is 63.3. The summed E-state index contributed by atoms with van der Waals surface area (Å²) in [5, 5.41) is 9.75. The molecule has 1 N–H and O–H groups in total. The van der Waals surface area contributed by atoms with Gasteiger partial charge >= 0.3 is 17.9 Å². The fraction of sp³-hybridized carbons (Fsp3) is 0.628. The van der Waals surface area contributed by atoms with E-state index in [1.54, 1.807) is 0 Å². The first kappa shape index (κ1) is 81.9. The van der Waals surface area contributed by atoms with Crippen LogP contribution in [-0.2, 0) is 33.3 Å². The van der Waals surface area contributed by atoms with Crippen molar-refractivity contribution in [3.05, 3.63) is 158 Å². The standard InChI is InChI=1S/C78H127NO8/c1-6-8-10-12-14-16-18-20-22-24-26-28-30-32-33-34-35-36-37-38-39-40-41-42-43-45-47-49-51-53-55-57-59-61-63-65-67-69-76(81)87-74(73-86-78(77(82)83)84-71-70-79(3,4)5)72-85-75(80)68-66-64-62-60-58-56-54-52-50-48-46-44-31-29-27-25-23-21-19-17-15-13-11-9-7-2/h8-11,14-17,20-23,26-29,32-33,35-36,38-39,44,46,50,52,74,78H,6-7,12-13,18-19,24-25,30-31,34,37,40-43,45,47-49,51,53-73H2,1-5H3/p+1/b10-8-,11-9-,16-14-,17-15-,22-20-,23-21-,28-26-,29-27-,33-32-,36-35-,39-38-,46-44-,52-50-. The average Bonchev–Trinajstić information content (AvgIpc) is 3.57. The van der Waals surface area contributed by atoms with Crippen LogP contribution in [0.25, 0.3) is 0 Å². The first-order valence-electron chi connectivity index (χ1n) is 34.6. The second-order valence-corrected chi connectivity index (χ2v) is 23.7. The molecule has 0 bridgehead atoms. The number of aliphatic carboxylic acids is 1. The van der Waals surface area contributed by atoms with Gasteiger partial charge in [-0.1, -0.05) is 281 Å². The van der Waals surface area contributed by atoms with E-state index in [1.165, 1.54) is 77.0 Å². The lowest BCUT2D eigenvalue weighted by Gasteiger charge is -2.25. The summed E-state index contributed by atoms with van der Waals surface area (Å²) >= 11 is 0. The van der Waals surface area contributed by atoms with Crippen LogP contribution < -0.4 is 0 Å². The van der Waals surface area contributed by atoms with Crippen molar-refractivity contribution in [2.24, 2.45) is 0 Å². The van der Waals surface area contributed by atoms with Gasteiger partial charge in [0.1, 0.15) is 13.2 Å². The van der Waals surface area contributed by atoms with E-state index in [1.807, 2.05) is 21.1 Å². The number of carbonyl (C=O) groups is 3. The number of carboxylic acids is 1. The number of carbonyl (C=O) groups excluding carboxylic acids is 2. The molecule has 0 aromatic heterocycles. The number of hydrogen-bond donors (Lipinski definition) is 1. The minimum absolute atomic E-state index is 0.178. The summed E-state index contributed by atoms with van der Waals surface area (Å²) in [6.07, 6.45) is 96.3. The lowest BCUT2D eigenvalue weighted by Crippen LogP contribution is -2.40. The Morgan fingerprint density at radius 3 is 0.920 bits per heavy atom. The summed E-state index contributed by atoms with van der Waals surface area (Å²) in [4.78, 5) is 37.6. The molecule has 0 rings (SSSR count). The number of carboxylic acid groups (broad SMARTS) is 1. The van der Waals surface area contributed by atoms with Crippen molar-refractivity contribution < 1.29 is 42.9 Å². The number of unbranched alkanes of at least 4 members (excludes halogenated alkanes) is 21. The van der Waals surface area contributed by atoms with E-state index in [4.69, 9.17) is 18.9 Å². The maximum atomic E-state index is 12.9. The Balaban J connectivity index is 4.17. The molecule has 9 heteroatoms. The number of quaternary nitrogens is 1. The summed E-state index contributed by atoms with van der Waals surface area (Å²) < 4.78 is 22.9. The zero-order valence-corrected chi connectivity index (χ0v) is 56.1. The maximum Gasteiger partial charge on any atom is 0.361 e. The third-order valence-electron chi connectivity index (χ3n) is 14.3. The van der Waals surface area contributed by atoms with Crippen LogP contribution in [0.3, 0.4) is 0 Å². The molecule has 0 aliphatic rings. The summed E-state index contributed by atoms with van der Waals surface area (Å²) in [7, 11) is 5.96. The minimum Gasteiger partial charge on any atom is -0.477 e. The molecule has 2 unspecified atom stereocenters. The third kappa shape index (κ3) is 68.3. The van der Waals surface area contributed by atoms with Crippen molar-refractivity contribution in [3.63, 3.8) is 0 Å². The molecule has 0 radical (unpaired) electrons. The van der Waals surface area contributed by atoms with Gasteiger partial charge in [0.05, 0.1) is 34.4 Å². The largest absolute Gasteiger partial charge is 0.477 e. The highest BCUT2D eigenvalue weighted by atomic mass is 16.7. The molecule has 0 spiro atoms. The van der Waals surface area contributed by atoms with E-state index in [0.29, 0.717) is 17.4 Å². The second kappa shape index (κ2) is 66.9. The molecule has 0 aromatic rings. The molecule has 492 valence electrons. The highest BCUT2D eigenvalue weighted by Crippen LogP contribution is 2.16. The number of ether oxygens (including phenoxy) is 4. The SMILES string of the molecule is CC/C=C\C/C=C\C/C=C\C/C=C\C/C=C\C/C=C\C/C=C\CCCCCCCCCCCCCCCCCC(=O)OC(COC(=O)CCCCCCCC/C=C\C/C=C\C/C=C\C/C=C\C/C=C\C/C=C\CC)COC(OCC[N+](C)(C)C)C(=O)O. The molecule has 0 saturated heterocycles. The molecular weight excluding hydrogens is 1080 g/mol. The summed E-state index contributed by atoms with van der Waals surface area (Å²) in [5.41, 5.74) is 0. The first-order valence-corrected chi connectivity index (χ1v) is 34.6. The highest BCUT2D eigenvalue weighted by molar-refractivity contribution is 5.71. The number of hydrogen-bond acceptors (Lipinski definition) is 7. The summed E-state index contributed by atoms with van der Waals surface area (Å²) in [5.74, 6) is -2.03. The number of likely N-dealkylation sites (N-methyl/N-ethyl adjacent to an activating group) is 1. The van der Waals surface area contributed by atoms with Gasteiger partial charge in [0.25, 0.3) is 6.29 Å². The molecule has 0 aromatic carbocycles. The molecule has 0 aliphatic carbocycles. The predicted molar refractivity (Wildman–Crippen MR) is 373 cm³/mol. The average molecular weight is 1210 g/mol. The molecular formula is C78H128NO8+. The van der Waals surface area contributed by atoms with Gasteiger partial charge < -0.3 is 28.5 Å². The minimum atomic E-state index is -1.52. The van der Waals surface area contributed by atoms with Crippen LogP contribution in [0.1, 0.15) is 258 Å². The van der Waals surface area contributed by atoms with E-state index < -0.39 is 24.3 Å². The molecule has 0 aliphatic heterocycles. The predicted octanol–water partition coefficient (Wildman–Crippen LogP) is 21.7. The van der Waals surface area contributed by atoms with Crippen molar-refractivity contribution in [3.8, 4) is 0 Å². The molecule has 0 amide bonds. The number of allylic oxidation sites excluding steroid dienone is 26. The molecule has 2 atom stereocenters. The van der Waals surface area contributed by atoms with E-state index >= 15 is 0 Å². The van der Waals surface area contributed by atoms with Gasteiger partial charge in [-0.3, -0.25) is 9.59 Å². The van der Waals surface area contributed by atoms with Crippen LogP contribution in [0.2, 0.25) is 0 Å². The zero-order valence-electron chi connectivity index (χ0n) is 56.1. The fourth-order valence-electron chi connectivity index (χ4n) is 9.06.